The van der Waals surface area contributed by atoms with E-state index in [9.17, 15) is 17.6 Å². The lowest BCUT2D eigenvalue weighted by atomic mass is 10.2. The first-order valence-electron chi connectivity index (χ1n) is 7.94. The van der Waals surface area contributed by atoms with E-state index < -0.39 is 21.9 Å². The van der Waals surface area contributed by atoms with Crippen molar-refractivity contribution in [2.45, 2.75) is 19.4 Å². The van der Waals surface area contributed by atoms with Crippen molar-refractivity contribution in [3.63, 3.8) is 0 Å². The SMILES string of the molecule is C[C@@H](C(=O)N1CCc2ccccc21)N(c1ccccc1F)S(C)(=O)=O. The molecule has 2 aromatic carbocycles. The Morgan fingerprint density at radius 1 is 1.16 bits per heavy atom. The summed E-state index contributed by atoms with van der Waals surface area (Å²) in [6, 6.07) is 12.0. The Hall–Kier alpha value is -2.41. The number of rotatable bonds is 4. The smallest absolute Gasteiger partial charge is 0.250 e. The lowest BCUT2D eigenvalue weighted by molar-refractivity contribution is -0.119. The van der Waals surface area contributed by atoms with Gasteiger partial charge in [0.25, 0.3) is 5.91 Å². The molecule has 1 aliphatic heterocycles. The number of sulfonamides is 1. The fourth-order valence-corrected chi connectivity index (χ4v) is 4.37. The predicted octanol–water partition coefficient (Wildman–Crippen LogP) is 2.57. The van der Waals surface area contributed by atoms with Crippen LogP contribution in [0, 0.1) is 5.82 Å². The molecule has 0 aromatic heterocycles. The number of halogens is 1. The second kappa shape index (κ2) is 6.48. The third-order valence-electron chi connectivity index (χ3n) is 4.31. The first-order valence-corrected chi connectivity index (χ1v) is 9.79. The van der Waals surface area contributed by atoms with Crippen LogP contribution in [-0.2, 0) is 21.2 Å². The Kier molecular flexibility index (Phi) is 4.51. The molecule has 5 nitrogen and oxygen atoms in total. The van der Waals surface area contributed by atoms with Crippen molar-refractivity contribution >= 4 is 27.3 Å². The van der Waals surface area contributed by atoms with Crippen molar-refractivity contribution < 1.29 is 17.6 Å². The Bertz CT molecular complexity index is 914. The zero-order valence-electron chi connectivity index (χ0n) is 14.0. The van der Waals surface area contributed by atoms with E-state index in [-0.39, 0.29) is 11.6 Å². The second-order valence-corrected chi connectivity index (χ2v) is 7.91. The predicted molar refractivity (Wildman–Crippen MR) is 95.7 cm³/mol. The summed E-state index contributed by atoms with van der Waals surface area (Å²) in [5.74, 6) is -1.06. The summed E-state index contributed by atoms with van der Waals surface area (Å²) >= 11 is 0. The summed E-state index contributed by atoms with van der Waals surface area (Å²) in [5.41, 5.74) is 1.69. The van der Waals surface area contributed by atoms with Crippen LogP contribution in [0.3, 0.4) is 0 Å². The maximum atomic E-state index is 14.2. The number of carbonyl (C=O) groups is 1. The monoisotopic (exact) mass is 362 g/mol. The lowest BCUT2D eigenvalue weighted by Crippen LogP contribution is -2.49. The van der Waals surface area contributed by atoms with E-state index in [4.69, 9.17) is 0 Å². The van der Waals surface area contributed by atoms with Crippen molar-refractivity contribution in [1.82, 2.24) is 0 Å². The van der Waals surface area contributed by atoms with Gasteiger partial charge in [0.05, 0.1) is 11.9 Å². The van der Waals surface area contributed by atoms with Gasteiger partial charge in [-0.15, -0.1) is 0 Å². The Balaban J connectivity index is 1.98. The zero-order valence-corrected chi connectivity index (χ0v) is 14.8. The van der Waals surface area contributed by atoms with Gasteiger partial charge >= 0.3 is 0 Å². The Morgan fingerprint density at radius 3 is 2.48 bits per heavy atom. The second-order valence-electron chi connectivity index (χ2n) is 6.05. The van der Waals surface area contributed by atoms with E-state index in [0.29, 0.717) is 13.0 Å². The van der Waals surface area contributed by atoms with Crippen molar-refractivity contribution in [3.05, 3.63) is 59.9 Å². The maximum absolute atomic E-state index is 14.2. The number of benzene rings is 2. The van der Waals surface area contributed by atoms with E-state index in [0.717, 1.165) is 21.8 Å². The van der Waals surface area contributed by atoms with Crippen LogP contribution in [0.5, 0.6) is 0 Å². The molecule has 0 unspecified atom stereocenters. The van der Waals surface area contributed by atoms with Gasteiger partial charge in [0.2, 0.25) is 10.0 Å². The van der Waals surface area contributed by atoms with Crippen LogP contribution in [0.1, 0.15) is 12.5 Å². The van der Waals surface area contributed by atoms with Crippen LogP contribution in [-0.4, -0.2) is 33.2 Å². The molecule has 0 spiro atoms. The summed E-state index contributed by atoms with van der Waals surface area (Å²) in [7, 11) is -3.85. The highest BCUT2D eigenvalue weighted by molar-refractivity contribution is 7.92. The summed E-state index contributed by atoms with van der Waals surface area (Å²) < 4.78 is 39.6. The summed E-state index contributed by atoms with van der Waals surface area (Å²) in [6.07, 6.45) is 1.69. The summed E-state index contributed by atoms with van der Waals surface area (Å²) in [4.78, 5) is 14.5. The molecule has 25 heavy (non-hydrogen) atoms. The van der Waals surface area contributed by atoms with Crippen LogP contribution in [0.4, 0.5) is 15.8 Å². The minimum atomic E-state index is -3.85. The average molecular weight is 362 g/mol. The molecule has 1 heterocycles. The average Bonchev–Trinajstić information content (AvgIpc) is 2.99. The first kappa shape index (κ1) is 17.4. The number of fused-ring (bicyclic) bond motifs is 1. The van der Waals surface area contributed by atoms with Gasteiger partial charge in [-0.3, -0.25) is 9.10 Å². The van der Waals surface area contributed by atoms with Gasteiger partial charge in [-0.25, -0.2) is 12.8 Å². The molecular weight excluding hydrogens is 343 g/mol. The normalized spacial score (nSPS) is 14.9. The van der Waals surface area contributed by atoms with E-state index in [1.165, 1.54) is 25.1 Å². The lowest BCUT2D eigenvalue weighted by Gasteiger charge is -2.31. The quantitative estimate of drug-likeness (QED) is 0.840. The number of hydrogen-bond donors (Lipinski definition) is 0. The highest BCUT2D eigenvalue weighted by Gasteiger charge is 2.35. The van der Waals surface area contributed by atoms with Crippen molar-refractivity contribution in [2.24, 2.45) is 0 Å². The topological polar surface area (TPSA) is 57.7 Å². The molecule has 0 fully saturated rings. The molecule has 0 radical (unpaired) electrons. The first-order chi connectivity index (χ1) is 11.8. The van der Waals surface area contributed by atoms with Crippen molar-refractivity contribution in [1.29, 1.82) is 0 Å². The zero-order chi connectivity index (χ0) is 18.2. The summed E-state index contributed by atoms with van der Waals surface area (Å²) in [6.45, 7) is 1.97. The minimum Gasteiger partial charge on any atom is -0.310 e. The number of para-hydroxylation sites is 2. The number of anilines is 2. The van der Waals surface area contributed by atoms with Gasteiger partial charge in [-0.05, 0) is 37.1 Å². The van der Waals surface area contributed by atoms with Gasteiger partial charge in [-0.1, -0.05) is 30.3 Å². The van der Waals surface area contributed by atoms with Gasteiger partial charge in [0.15, 0.2) is 0 Å². The fraction of sp³-hybridized carbons (Fsp3) is 0.278. The molecule has 1 aliphatic rings. The molecule has 0 bridgehead atoms. The fourth-order valence-electron chi connectivity index (χ4n) is 3.20. The van der Waals surface area contributed by atoms with Gasteiger partial charge < -0.3 is 4.90 Å². The third-order valence-corrected chi connectivity index (χ3v) is 5.54. The Morgan fingerprint density at radius 2 is 1.80 bits per heavy atom. The highest BCUT2D eigenvalue weighted by Crippen LogP contribution is 2.30. The van der Waals surface area contributed by atoms with E-state index in [1.807, 2.05) is 24.3 Å². The largest absolute Gasteiger partial charge is 0.310 e. The number of nitrogens with zero attached hydrogens (tertiary/aromatic N) is 2. The molecule has 0 saturated heterocycles. The number of hydrogen-bond acceptors (Lipinski definition) is 3. The van der Waals surface area contributed by atoms with Gasteiger partial charge in [0, 0.05) is 12.2 Å². The highest BCUT2D eigenvalue weighted by atomic mass is 32.2. The van der Waals surface area contributed by atoms with Crippen LogP contribution in [0.2, 0.25) is 0 Å². The number of carbonyl (C=O) groups excluding carboxylic acids is 1. The summed E-state index contributed by atoms with van der Waals surface area (Å²) in [5, 5.41) is 0. The molecule has 0 N–H and O–H groups in total. The molecule has 0 aliphatic carbocycles. The van der Waals surface area contributed by atoms with Crippen LogP contribution >= 0.6 is 0 Å². The van der Waals surface area contributed by atoms with Crippen LogP contribution in [0.25, 0.3) is 0 Å². The standard InChI is InChI=1S/C18H19FN2O3S/c1-13(18(22)20-12-11-14-7-3-5-9-16(14)20)21(25(2,23)24)17-10-6-4-8-15(17)19/h3-10,13H,11-12H2,1-2H3/t13-/m0/s1. The molecule has 7 heteroatoms. The molecule has 1 atom stereocenters. The van der Waals surface area contributed by atoms with Gasteiger partial charge in [0.1, 0.15) is 11.9 Å². The number of amides is 1. The molecule has 1 amide bonds. The molecule has 132 valence electrons. The molecular formula is C18H19FN2O3S. The minimum absolute atomic E-state index is 0.127. The van der Waals surface area contributed by atoms with Crippen molar-refractivity contribution in [3.8, 4) is 0 Å². The maximum Gasteiger partial charge on any atom is 0.250 e. The van der Waals surface area contributed by atoms with Gasteiger partial charge in [-0.2, -0.15) is 0 Å². The van der Waals surface area contributed by atoms with E-state index >= 15 is 0 Å². The third kappa shape index (κ3) is 3.24. The van der Waals surface area contributed by atoms with Crippen LogP contribution < -0.4 is 9.21 Å². The van der Waals surface area contributed by atoms with Crippen molar-refractivity contribution in [2.75, 3.05) is 22.0 Å². The van der Waals surface area contributed by atoms with Crippen LogP contribution in [0.15, 0.2) is 48.5 Å². The van der Waals surface area contributed by atoms with E-state index in [1.54, 1.807) is 11.0 Å². The molecule has 0 saturated carbocycles. The molecule has 3 rings (SSSR count). The Labute approximate surface area is 146 Å². The van der Waals surface area contributed by atoms with E-state index in [2.05, 4.69) is 0 Å². The molecule has 2 aromatic rings.